The number of nitrogens with one attached hydrogen (secondary N) is 1. The average molecular weight is 257 g/mol. The molecule has 6 nitrogen and oxygen atoms in total. The first-order chi connectivity index (χ1) is 8.09. The Balaban J connectivity index is 2.16. The van der Waals surface area contributed by atoms with E-state index in [0.717, 1.165) is 0 Å². The van der Waals surface area contributed by atoms with Crippen LogP contribution in [0, 0.1) is 0 Å². The van der Waals surface area contributed by atoms with Gasteiger partial charge in [0, 0.05) is 25.5 Å². The van der Waals surface area contributed by atoms with Gasteiger partial charge in [0.25, 0.3) is 0 Å². The SMILES string of the molecule is Nc1ncccc1S(=O)(=O)NC1CCOCC1. The smallest absolute Gasteiger partial charge is 0.244 e. The highest BCUT2D eigenvalue weighted by molar-refractivity contribution is 7.89. The summed E-state index contributed by atoms with van der Waals surface area (Å²) in [5.74, 6) is 0.0204. The number of anilines is 1. The van der Waals surface area contributed by atoms with E-state index in [9.17, 15) is 8.42 Å². The number of nitrogens with zero attached hydrogens (tertiary/aromatic N) is 1. The van der Waals surface area contributed by atoms with Gasteiger partial charge in [-0.15, -0.1) is 0 Å². The van der Waals surface area contributed by atoms with Gasteiger partial charge in [-0.05, 0) is 25.0 Å². The van der Waals surface area contributed by atoms with Crippen LogP contribution in [0.25, 0.3) is 0 Å². The van der Waals surface area contributed by atoms with E-state index in [-0.39, 0.29) is 16.8 Å². The molecule has 0 aromatic carbocycles. The second-order valence-electron chi connectivity index (χ2n) is 3.89. The van der Waals surface area contributed by atoms with Crippen molar-refractivity contribution in [1.82, 2.24) is 9.71 Å². The molecule has 0 aliphatic carbocycles. The third-order valence-corrected chi connectivity index (χ3v) is 4.20. The summed E-state index contributed by atoms with van der Waals surface area (Å²) in [6.07, 6.45) is 2.82. The summed E-state index contributed by atoms with van der Waals surface area (Å²) in [5, 5.41) is 0. The van der Waals surface area contributed by atoms with Gasteiger partial charge < -0.3 is 10.5 Å². The molecular formula is C10H15N3O3S. The molecule has 1 fully saturated rings. The van der Waals surface area contributed by atoms with Crippen molar-refractivity contribution < 1.29 is 13.2 Å². The highest BCUT2D eigenvalue weighted by Gasteiger charge is 2.23. The first-order valence-corrected chi connectivity index (χ1v) is 6.88. The first-order valence-electron chi connectivity index (χ1n) is 5.40. The molecule has 94 valence electrons. The number of hydrogen-bond donors (Lipinski definition) is 2. The van der Waals surface area contributed by atoms with E-state index in [4.69, 9.17) is 10.5 Å². The molecule has 3 N–H and O–H groups in total. The van der Waals surface area contributed by atoms with Crippen molar-refractivity contribution in [2.45, 2.75) is 23.8 Å². The van der Waals surface area contributed by atoms with Crippen LogP contribution in [-0.4, -0.2) is 32.7 Å². The monoisotopic (exact) mass is 257 g/mol. The predicted octanol–water partition coefficient (Wildman–Crippen LogP) is 0.121. The summed E-state index contributed by atoms with van der Waals surface area (Å²) in [6, 6.07) is 2.91. The molecule has 0 spiro atoms. The van der Waals surface area contributed by atoms with E-state index in [0.29, 0.717) is 26.1 Å². The molecule has 1 aromatic heterocycles. The Kier molecular flexibility index (Phi) is 3.60. The summed E-state index contributed by atoms with van der Waals surface area (Å²) >= 11 is 0. The largest absolute Gasteiger partial charge is 0.383 e. The van der Waals surface area contributed by atoms with Crippen LogP contribution in [0.2, 0.25) is 0 Å². The Morgan fingerprint density at radius 3 is 2.76 bits per heavy atom. The zero-order valence-corrected chi connectivity index (χ0v) is 10.1. The zero-order valence-electron chi connectivity index (χ0n) is 9.30. The third-order valence-electron chi connectivity index (χ3n) is 2.63. The van der Waals surface area contributed by atoms with Crippen molar-refractivity contribution in [2.75, 3.05) is 18.9 Å². The lowest BCUT2D eigenvalue weighted by Crippen LogP contribution is -2.39. The number of hydrogen-bond acceptors (Lipinski definition) is 5. The number of aromatic nitrogens is 1. The van der Waals surface area contributed by atoms with E-state index in [1.807, 2.05) is 0 Å². The van der Waals surface area contributed by atoms with Crippen LogP contribution >= 0.6 is 0 Å². The van der Waals surface area contributed by atoms with Crippen molar-refractivity contribution in [2.24, 2.45) is 0 Å². The Bertz CT molecular complexity index is 483. The Morgan fingerprint density at radius 2 is 2.12 bits per heavy atom. The van der Waals surface area contributed by atoms with Gasteiger partial charge >= 0.3 is 0 Å². The number of nitrogen functional groups attached to an aromatic ring is 1. The maximum atomic E-state index is 12.0. The van der Waals surface area contributed by atoms with Crippen LogP contribution in [0.5, 0.6) is 0 Å². The van der Waals surface area contributed by atoms with Gasteiger partial charge in [-0.2, -0.15) is 0 Å². The van der Waals surface area contributed by atoms with Crippen LogP contribution < -0.4 is 10.5 Å². The van der Waals surface area contributed by atoms with Crippen LogP contribution in [-0.2, 0) is 14.8 Å². The average Bonchev–Trinajstić information content (AvgIpc) is 2.30. The van der Waals surface area contributed by atoms with Gasteiger partial charge in [-0.25, -0.2) is 18.1 Å². The lowest BCUT2D eigenvalue weighted by Gasteiger charge is -2.23. The van der Waals surface area contributed by atoms with E-state index >= 15 is 0 Å². The van der Waals surface area contributed by atoms with Gasteiger partial charge in [-0.3, -0.25) is 0 Å². The molecule has 0 unspecified atom stereocenters. The summed E-state index contributed by atoms with van der Waals surface area (Å²) < 4.78 is 31.9. The van der Waals surface area contributed by atoms with Crippen LogP contribution in [0.3, 0.4) is 0 Å². The number of sulfonamides is 1. The molecule has 1 aliphatic heterocycles. The summed E-state index contributed by atoms with van der Waals surface area (Å²) in [7, 11) is -3.58. The van der Waals surface area contributed by atoms with Gasteiger partial charge in [0.05, 0.1) is 0 Å². The second kappa shape index (κ2) is 4.99. The Labute approximate surface area is 100 Å². The number of rotatable bonds is 3. The predicted molar refractivity (Wildman–Crippen MR) is 62.8 cm³/mol. The van der Waals surface area contributed by atoms with Gasteiger partial charge in [0.15, 0.2) is 0 Å². The van der Waals surface area contributed by atoms with Crippen LogP contribution in [0.15, 0.2) is 23.2 Å². The highest BCUT2D eigenvalue weighted by Crippen LogP contribution is 2.17. The minimum Gasteiger partial charge on any atom is -0.383 e. The van der Waals surface area contributed by atoms with E-state index in [1.165, 1.54) is 12.3 Å². The maximum absolute atomic E-state index is 12.0. The summed E-state index contributed by atoms with van der Waals surface area (Å²) in [6.45, 7) is 1.16. The number of ether oxygens (including phenoxy) is 1. The maximum Gasteiger partial charge on any atom is 0.244 e. The third kappa shape index (κ3) is 2.93. The Morgan fingerprint density at radius 1 is 1.41 bits per heavy atom. The summed E-state index contributed by atoms with van der Waals surface area (Å²) in [4.78, 5) is 3.81. The fourth-order valence-corrected chi connectivity index (χ4v) is 3.12. The molecule has 1 saturated heterocycles. The summed E-state index contributed by atoms with van der Waals surface area (Å²) in [5.41, 5.74) is 5.56. The standard InChI is InChI=1S/C10H15N3O3S/c11-10-9(2-1-5-12-10)17(14,15)13-8-3-6-16-7-4-8/h1-2,5,8,13H,3-4,6-7H2,(H2,11,12). The Hall–Kier alpha value is -1.18. The second-order valence-corrected chi connectivity index (χ2v) is 5.58. The highest BCUT2D eigenvalue weighted by atomic mass is 32.2. The minimum absolute atomic E-state index is 0.0204. The van der Waals surface area contributed by atoms with Crippen molar-refractivity contribution in [3.63, 3.8) is 0 Å². The van der Waals surface area contributed by atoms with Crippen molar-refractivity contribution in [1.29, 1.82) is 0 Å². The zero-order chi connectivity index (χ0) is 12.3. The molecule has 0 bridgehead atoms. The van der Waals surface area contributed by atoms with Crippen molar-refractivity contribution in [3.8, 4) is 0 Å². The first kappa shape index (κ1) is 12.3. The van der Waals surface area contributed by atoms with Gasteiger partial charge in [-0.1, -0.05) is 0 Å². The molecule has 1 aromatic rings. The molecule has 0 amide bonds. The number of nitrogens with two attached hydrogens (primary N) is 1. The van der Waals surface area contributed by atoms with Crippen LogP contribution in [0.1, 0.15) is 12.8 Å². The van der Waals surface area contributed by atoms with Crippen molar-refractivity contribution >= 4 is 15.8 Å². The number of pyridine rings is 1. The normalized spacial score (nSPS) is 18.1. The molecular weight excluding hydrogens is 242 g/mol. The molecule has 2 heterocycles. The fraction of sp³-hybridized carbons (Fsp3) is 0.500. The lowest BCUT2D eigenvalue weighted by atomic mass is 10.1. The van der Waals surface area contributed by atoms with Crippen molar-refractivity contribution in [3.05, 3.63) is 18.3 Å². The van der Waals surface area contributed by atoms with Gasteiger partial charge in [0.2, 0.25) is 10.0 Å². The molecule has 0 atom stereocenters. The van der Waals surface area contributed by atoms with Gasteiger partial charge in [0.1, 0.15) is 10.7 Å². The van der Waals surface area contributed by atoms with E-state index in [2.05, 4.69) is 9.71 Å². The quantitative estimate of drug-likeness (QED) is 0.802. The molecule has 1 aliphatic rings. The lowest BCUT2D eigenvalue weighted by molar-refractivity contribution is 0.0832. The molecule has 17 heavy (non-hydrogen) atoms. The van der Waals surface area contributed by atoms with Crippen LogP contribution in [0.4, 0.5) is 5.82 Å². The van der Waals surface area contributed by atoms with E-state index < -0.39 is 10.0 Å². The van der Waals surface area contributed by atoms with E-state index in [1.54, 1.807) is 6.07 Å². The molecule has 2 rings (SSSR count). The fourth-order valence-electron chi connectivity index (χ4n) is 1.73. The molecule has 7 heteroatoms. The minimum atomic E-state index is -3.58. The molecule has 0 radical (unpaired) electrons. The topological polar surface area (TPSA) is 94.3 Å². The molecule has 0 saturated carbocycles.